The minimum atomic E-state index is -1.79. The maximum absolute atomic E-state index is 11.8. The zero-order valence-corrected chi connectivity index (χ0v) is 15.0. The van der Waals surface area contributed by atoms with Gasteiger partial charge in [0.05, 0.1) is 12.7 Å². The highest BCUT2D eigenvalue weighted by atomic mass is 28.4. The lowest BCUT2D eigenvalue weighted by Gasteiger charge is -2.36. The number of nitrogens with one attached hydrogen (secondary N) is 1. The second-order valence-corrected chi connectivity index (χ2v) is 12.2. The summed E-state index contributed by atoms with van der Waals surface area (Å²) in [6, 6.07) is 1.34. The molecule has 1 N–H and O–H groups in total. The van der Waals surface area contributed by atoms with E-state index in [0.717, 1.165) is 12.8 Å². The Hall–Kier alpha value is -1.18. The maximum Gasteiger partial charge on any atom is 0.330 e. The summed E-state index contributed by atoms with van der Waals surface area (Å²) in [5.74, 6) is 0. The van der Waals surface area contributed by atoms with Crippen molar-refractivity contribution in [2.45, 2.75) is 64.1 Å². The van der Waals surface area contributed by atoms with Crippen molar-refractivity contribution in [1.82, 2.24) is 9.55 Å². The maximum atomic E-state index is 11.8. The fraction of sp³-hybridized carbons (Fsp3) is 0.733. The van der Waals surface area contributed by atoms with Crippen molar-refractivity contribution in [2.24, 2.45) is 0 Å². The largest absolute Gasteiger partial charge is 0.414 e. The summed E-state index contributed by atoms with van der Waals surface area (Å²) in [5.41, 5.74) is -0.819. The number of rotatable bonds is 4. The smallest absolute Gasteiger partial charge is 0.330 e. The van der Waals surface area contributed by atoms with Crippen LogP contribution in [0.2, 0.25) is 18.1 Å². The van der Waals surface area contributed by atoms with E-state index in [4.69, 9.17) is 9.16 Å². The van der Waals surface area contributed by atoms with Gasteiger partial charge in [-0.15, -0.1) is 0 Å². The van der Waals surface area contributed by atoms with Crippen molar-refractivity contribution in [2.75, 3.05) is 6.61 Å². The van der Waals surface area contributed by atoms with E-state index in [1.165, 1.54) is 16.8 Å². The second-order valence-electron chi connectivity index (χ2n) is 7.38. The molecule has 1 fully saturated rings. The molecule has 124 valence electrons. The number of nitrogens with zero attached hydrogens (tertiary/aromatic N) is 1. The molecule has 1 aromatic rings. The molecule has 1 unspecified atom stereocenters. The van der Waals surface area contributed by atoms with Crippen LogP contribution in [0.1, 0.15) is 39.8 Å². The molecular formula is C15H26N2O4Si. The van der Waals surface area contributed by atoms with Crippen LogP contribution in [0.5, 0.6) is 0 Å². The zero-order valence-electron chi connectivity index (χ0n) is 14.0. The van der Waals surface area contributed by atoms with Gasteiger partial charge in [0.2, 0.25) is 0 Å². The fourth-order valence-corrected chi connectivity index (χ4v) is 3.22. The Labute approximate surface area is 131 Å². The molecule has 0 aliphatic carbocycles. The first-order chi connectivity index (χ1) is 10.1. The molecule has 1 aromatic heterocycles. The van der Waals surface area contributed by atoms with Crippen molar-refractivity contribution >= 4 is 8.32 Å². The summed E-state index contributed by atoms with van der Waals surface area (Å²) in [7, 11) is -1.79. The summed E-state index contributed by atoms with van der Waals surface area (Å²) in [6.45, 7) is 11.6. The third-order valence-electron chi connectivity index (χ3n) is 4.68. The minimum Gasteiger partial charge on any atom is -0.414 e. The molecule has 0 spiro atoms. The van der Waals surface area contributed by atoms with Gasteiger partial charge in [0.1, 0.15) is 6.23 Å². The van der Waals surface area contributed by atoms with Gasteiger partial charge in [0.25, 0.3) is 5.56 Å². The molecule has 0 aromatic carbocycles. The Morgan fingerprint density at radius 2 is 2.05 bits per heavy atom. The van der Waals surface area contributed by atoms with Gasteiger partial charge >= 0.3 is 5.69 Å². The quantitative estimate of drug-likeness (QED) is 0.861. The molecule has 0 radical (unpaired) electrons. The summed E-state index contributed by atoms with van der Waals surface area (Å²) >= 11 is 0. The molecule has 6 nitrogen and oxygen atoms in total. The summed E-state index contributed by atoms with van der Waals surface area (Å²) in [6.07, 6.45) is 2.76. The summed E-state index contributed by atoms with van der Waals surface area (Å²) < 4.78 is 13.5. The highest BCUT2D eigenvalue weighted by molar-refractivity contribution is 6.74. The average Bonchev–Trinajstić information content (AvgIpc) is 2.83. The van der Waals surface area contributed by atoms with Crippen LogP contribution in [0, 0.1) is 0 Å². The van der Waals surface area contributed by atoms with Crippen LogP contribution >= 0.6 is 0 Å². The van der Waals surface area contributed by atoms with E-state index in [9.17, 15) is 9.59 Å². The van der Waals surface area contributed by atoms with Gasteiger partial charge in [0.15, 0.2) is 8.32 Å². The van der Waals surface area contributed by atoms with E-state index in [2.05, 4.69) is 38.8 Å². The molecule has 22 heavy (non-hydrogen) atoms. The predicted octanol–water partition coefficient (Wildman–Crippen LogP) is 2.24. The van der Waals surface area contributed by atoms with Gasteiger partial charge in [-0.1, -0.05) is 20.8 Å². The Morgan fingerprint density at radius 3 is 2.64 bits per heavy atom. The van der Waals surface area contributed by atoms with Crippen molar-refractivity contribution in [3.05, 3.63) is 33.1 Å². The van der Waals surface area contributed by atoms with Crippen LogP contribution in [-0.4, -0.2) is 30.6 Å². The van der Waals surface area contributed by atoms with Crippen LogP contribution in [0.25, 0.3) is 0 Å². The van der Waals surface area contributed by atoms with Crippen molar-refractivity contribution in [1.29, 1.82) is 0 Å². The summed E-state index contributed by atoms with van der Waals surface area (Å²) in [4.78, 5) is 25.1. The third kappa shape index (κ3) is 3.77. The average molecular weight is 326 g/mol. The first kappa shape index (κ1) is 17.2. The normalized spacial score (nSPS) is 23.0. The molecule has 0 amide bonds. The number of hydrogen-bond donors (Lipinski definition) is 1. The molecule has 2 rings (SSSR count). The lowest BCUT2D eigenvalue weighted by molar-refractivity contribution is -0.0222. The van der Waals surface area contributed by atoms with Crippen molar-refractivity contribution in [3.63, 3.8) is 0 Å². The highest BCUT2D eigenvalue weighted by Gasteiger charge is 2.38. The van der Waals surface area contributed by atoms with Gasteiger partial charge < -0.3 is 9.16 Å². The van der Waals surface area contributed by atoms with Gasteiger partial charge in [-0.05, 0) is 31.0 Å². The third-order valence-corrected chi connectivity index (χ3v) is 9.18. The molecule has 0 bridgehead atoms. The van der Waals surface area contributed by atoms with E-state index in [0.29, 0.717) is 6.61 Å². The predicted molar refractivity (Wildman–Crippen MR) is 87.6 cm³/mol. The monoisotopic (exact) mass is 326 g/mol. The van der Waals surface area contributed by atoms with E-state index in [1.807, 2.05) is 0 Å². The topological polar surface area (TPSA) is 73.3 Å². The van der Waals surface area contributed by atoms with Crippen LogP contribution < -0.4 is 11.2 Å². The van der Waals surface area contributed by atoms with Gasteiger partial charge in [0, 0.05) is 12.3 Å². The molecular weight excluding hydrogens is 300 g/mol. The van der Waals surface area contributed by atoms with Gasteiger partial charge in [-0.2, -0.15) is 0 Å². The number of aromatic nitrogens is 2. The van der Waals surface area contributed by atoms with Gasteiger partial charge in [-0.3, -0.25) is 14.3 Å². The molecule has 1 saturated heterocycles. The number of hydrogen-bond acceptors (Lipinski definition) is 4. The SMILES string of the molecule is CC(C)(C)[Si](C)(C)OC[C@@H]1CCC(n2ccc(=O)[nH]c2=O)O1. The standard InChI is InChI=1S/C15H26N2O4Si/c1-15(2,3)22(4,5)20-10-11-6-7-13(21-11)17-9-8-12(18)16-14(17)19/h8-9,11,13H,6-7,10H2,1-5H3,(H,16,18,19)/t11-,13?/m0/s1. The number of aromatic amines is 1. The Morgan fingerprint density at radius 1 is 1.36 bits per heavy atom. The highest BCUT2D eigenvalue weighted by Crippen LogP contribution is 2.37. The molecule has 0 saturated carbocycles. The van der Waals surface area contributed by atoms with E-state index in [1.54, 1.807) is 0 Å². The lowest BCUT2D eigenvalue weighted by atomic mass is 10.2. The summed E-state index contributed by atoms with van der Waals surface area (Å²) in [5, 5.41) is 0.168. The first-order valence-electron chi connectivity index (χ1n) is 7.71. The molecule has 1 aliphatic rings. The minimum absolute atomic E-state index is 0.00190. The Bertz CT molecular complexity index is 629. The van der Waals surface area contributed by atoms with Crippen LogP contribution in [-0.2, 0) is 9.16 Å². The molecule has 7 heteroatoms. The zero-order chi connectivity index (χ0) is 16.5. The van der Waals surface area contributed by atoms with Crippen LogP contribution in [0.15, 0.2) is 21.9 Å². The van der Waals surface area contributed by atoms with Crippen LogP contribution in [0.4, 0.5) is 0 Å². The Kier molecular flexibility index (Phi) is 4.79. The molecule has 2 atom stereocenters. The molecule has 2 heterocycles. The fourth-order valence-electron chi connectivity index (χ4n) is 2.19. The lowest BCUT2D eigenvalue weighted by Crippen LogP contribution is -2.42. The van der Waals surface area contributed by atoms with Crippen molar-refractivity contribution < 1.29 is 9.16 Å². The van der Waals surface area contributed by atoms with Crippen LogP contribution in [0.3, 0.4) is 0 Å². The molecule has 1 aliphatic heterocycles. The second kappa shape index (κ2) is 6.14. The number of ether oxygens (including phenoxy) is 1. The Balaban J connectivity index is 1.96. The van der Waals surface area contributed by atoms with E-state index >= 15 is 0 Å². The number of H-pyrrole nitrogens is 1. The van der Waals surface area contributed by atoms with Crippen molar-refractivity contribution in [3.8, 4) is 0 Å². The van der Waals surface area contributed by atoms with Gasteiger partial charge in [-0.25, -0.2) is 4.79 Å². The van der Waals surface area contributed by atoms with E-state index in [-0.39, 0.29) is 17.4 Å². The van der Waals surface area contributed by atoms with E-state index < -0.39 is 19.6 Å². The first-order valence-corrected chi connectivity index (χ1v) is 10.6.